The van der Waals surface area contributed by atoms with Crippen LogP contribution in [0.2, 0.25) is 0 Å². The maximum absolute atomic E-state index is 12.9. The SMILES string of the molecule is Cn1ccnc1C(=O)N[C@H]1CC(=O)N(c2ccc(F)cc2)C1. The molecule has 1 aromatic heterocycles. The van der Waals surface area contributed by atoms with E-state index in [0.717, 1.165) is 0 Å². The maximum atomic E-state index is 12.9. The summed E-state index contributed by atoms with van der Waals surface area (Å²) in [4.78, 5) is 29.7. The third kappa shape index (κ3) is 2.69. The van der Waals surface area contributed by atoms with Crippen molar-refractivity contribution in [2.24, 2.45) is 7.05 Å². The molecule has 0 radical (unpaired) electrons. The number of aromatic nitrogens is 2. The molecule has 1 saturated heterocycles. The highest BCUT2D eigenvalue weighted by atomic mass is 19.1. The summed E-state index contributed by atoms with van der Waals surface area (Å²) < 4.78 is 14.6. The van der Waals surface area contributed by atoms with Crippen molar-refractivity contribution in [3.05, 3.63) is 48.3 Å². The number of hydrogen-bond acceptors (Lipinski definition) is 3. The molecule has 0 unspecified atom stereocenters. The summed E-state index contributed by atoms with van der Waals surface area (Å²) in [5.41, 5.74) is 0.625. The Labute approximate surface area is 126 Å². The van der Waals surface area contributed by atoms with E-state index in [-0.39, 0.29) is 30.1 Å². The number of carbonyl (C=O) groups excluding carboxylic acids is 2. The molecule has 1 aromatic carbocycles. The zero-order valence-electron chi connectivity index (χ0n) is 12.0. The summed E-state index contributed by atoms with van der Waals surface area (Å²) >= 11 is 0. The number of imidazole rings is 1. The minimum absolute atomic E-state index is 0.100. The van der Waals surface area contributed by atoms with Gasteiger partial charge in [0.15, 0.2) is 5.82 Å². The lowest BCUT2D eigenvalue weighted by atomic mass is 10.2. The third-order valence-corrected chi connectivity index (χ3v) is 3.62. The molecule has 1 N–H and O–H groups in total. The van der Waals surface area contributed by atoms with Crippen molar-refractivity contribution in [2.75, 3.05) is 11.4 Å². The number of amides is 2. The number of carbonyl (C=O) groups is 2. The van der Waals surface area contributed by atoms with Gasteiger partial charge in [0.1, 0.15) is 5.82 Å². The molecule has 2 amide bonds. The predicted octanol–water partition coefficient (Wildman–Crippen LogP) is 1.09. The molecular formula is C15H15FN4O2. The van der Waals surface area contributed by atoms with Crippen molar-refractivity contribution >= 4 is 17.5 Å². The number of rotatable bonds is 3. The smallest absolute Gasteiger partial charge is 0.287 e. The summed E-state index contributed by atoms with van der Waals surface area (Å²) in [6, 6.07) is 5.43. The fourth-order valence-corrected chi connectivity index (χ4v) is 2.51. The number of anilines is 1. The van der Waals surface area contributed by atoms with Gasteiger partial charge in [-0.2, -0.15) is 0 Å². The van der Waals surface area contributed by atoms with E-state index >= 15 is 0 Å². The Balaban J connectivity index is 1.68. The molecule has 114 valence electrons. The Hall–Kier alpha value is -2.70. The fraction of sp³-hybridized carbons (Fsp3) is 0.267. The van der Waals surface area contributed by atoms with Crippen LogP contribution in [0, 0.1) is 5.82 Å². The number of halogens is 1. The summed E-state index contributed by atoms with van der Waals surface area (Å²) in [5.74, 6) is -0.467. The van der Waals surface area contributed by atoms with Gasteiger partial charge in [0, 0.05) is 38.1 Å². The highest BCUT2D eigenvalue weighted by molar-refractivity contribution is 5.98. The van der Waals surface area contributed by atoms with Gasteiger partial charge in [-0.3, -0.25) is 9.59 Å². The van der Waals surface area contributed by atoms with Gasteiger partial charge in [-0.05, 0) is 24.3 Å². The van der Waals surface area contributed by atoms with Gasteiger partial charge in [-0.15, -0.1) is 0 Å². The van der Waals surface area contributed by atoms with Gasteiger partial charge in [0.05, 0.1) is 6.04 Å². The fourth-order valence-electron chi connectivity index (χ4n) is 2.51. The van der Waals surface area contributed by atoms with E-state index in [1.807, 2.05) is 0 Å². The Morgan fingerprint density at radius 2 is 2.09 bits per heavy atom. The minimum atomic E-state index is -0.352. The van der Waals surface area contributed by atoms with Crippen molar-refractivity contribution in [1.29, 1.82) is 0 Å². The lowest BCUT2D eigenvalue weighted by molar-refractivity contribution is -0.117. The molecule has 22 heavy (non-hydrogen) atoms. The second kappa shape index (κ2) is 5.59. The third-order valence-electron chi connectivity index (χ3n) is 3.62. The second-order valence-corrected chi connectivity index (χ2v) is 5.22. The van der Waals surface area contributed by atoms with Crippen molar-refractivity contribution in [3.8, 4) is 0 Å². The minimum Gasteiger partial charge on any atom is -0.344 e. The van der Waals surface area contributed by atoms with E-state index < -0.39 is 0 Å². The van der Waals surface area contributed by atoms with Crippen LogP contribution in [0.25, 0.3) is 0 Å². The Kier molecular flexibility index (Phi) is 3.62. The van der Waals surface area contributed by atoms with Crippen LogP contribution in [0.1, 0.15) is 17.0 Å². The monoisotopic (exact) mass is 302 g/mol. The molecule has 0 bridgehead atoms. The zero-order chi connectivity index (χ0) is 15.7. The molecule has 1 aliphatic rings. The lowest BCUT2D eigenvalue weighted by Crippen LogP contribution is -2.38. The zero-order valence-corrected chi connectivity index (χ0v) is 12.0. The van der Waals surface area contributed by atoms with Crippen LogP contribution in [0.5, 0.6) is 0 Å². The molecule has 1 atom stereocenters. The first-order valence-electron chi connectivity index (χ1n) is 6.88. The standard InChI is InChI=1S/C15H15FN4O2/c1-19-7-6-17-14(19)15(22)18-11-8-13(21)20(9-11)12-4-2-10(16)3-5-12/h2-7,11H,8-9H2,1H3,(H,18,22)/t11-/m0/s1. The number of hydrogen-bond donors (Lipinski definition) is 1. The molecule has 0 saturated carbocycles. The van der Waals surface area contributed by atoms with Gasteiger partial charge in [0.25, 0.3) is 5.91 Å². The van der Waals surface area contributed by atoms with E-state index in [9.17, 15) is 14.0 Å². The van der Waals surface area contributed by atoms with E-state index in [1.165, 1.54) is 12.1 Å². The van der Waals surface area contributed by atoms with Crippen LogP contribution in [0.15, 0.2) is 36.7 Å². The van der Waals surface area contributed by atoms with Gasteiger partial charge in [-0.25, -0.2) is 9.37 Å². The Morgan fingerprint density at radius 3 is 2.73 bits per heavy atom. The van der Waals surface area contributed by atoms with E-state index in [0.29, 0.717) is 18.1 Å². The van der Waals surface area contributed by atoms with Crippen molar-refractivity contribution in [1.82, 2.24) is 14.9 Å². The normalized spacial score (nSPS) is 17.8. The van der Waals surface area contributed by atoms with Crippen molar-refractivity contribution in [3.63, 3.8) is 0 Å². The highest BCUT2D eigenvalue weighted by Crippen LogP contribution is 2.21. The summed E-state index contributed by atoms with van der Waals surface area (Å²) in [5, 5.41) is 2.80. The van der Waals surface area contributed by atoms with Gasteiger partial charge in [-0.1, -0.05) is 0 Å². The molecule has 1 aliphatic heterocycles. The van der Waals surface area contributed by atoms with E-state index in [2.05, 4.69) is 10.3 Å². The first kappa shape index (κ1) is 14.2. The molecule has 2 heterocycles. The number of benzene rings is 1. The van der Waals surface area contributed by atoms with E-state index in [1.54, 1.807) is 41.0 Å². The van der Waals surface area contributed by atoms with Crippen LogP contribution in [0.4, 0.5) is 10.1 Å². The highest BCUT2D eigenvalue weighted by Gasteiger charge is 2.32. The first-order valence-corrected chi connectivity index (χ1v) is 6.88. The molecule has 0 spiro atoms. The van der Waals surface area contributed by atoms with Gasteiger partial charge >= 0.3 is 0 Å². The van der Waals surface area contributed by atoms with Crippen LogP contribution >= 0.6 is 0 Å². The van der Waals surface area contributed by atoms with E-state index in [4.69, 9.17) is 0 Å². The molecule has 7 heteroatoms. The lowest BCUT2D eigenvalue weighted by Gasteiger charge is -2.17. The number of nitrogens with one attached hydrogen (secondary N) is 1. The Morgan fingerprint density at radius 1 is 1.36 bits per heavy atom. The summed E-state index contributed by atoms with van der Waals surface area (Å²) in [6.45, 7) is 0.362. The van der Waals surface area contributed by atoms with Crippen molar-refractivity contribution in [2.45, 2.75) is 12.5 Å². The summed E-state index contributed by atoms with van der Waals surface area (Å²) in [6.07, 6.45) is 3.44. The van der Waals surface area contributed by atoms with Crippen LogP contribution in [0.3, 0.4) is 0 Å². The van der Waals surface area contributed by atoms with Crippen LogP contribution < -0.4 is 10.2 Å². The largest absolute Gasteiger partial charge is 0.344 e. The molecule has 6 nitrogen and oxygen atoms in total. The molecular weight excluding hydrogens is 287 g/mol. The quantitative estimate of drug-likeness (QED) is 0.923. The molecule has 3 rings (SSSR count). The first-order chi connectivity index (χ1) is 10.5. The average Bonchev–Trinajstić information content (AvgIpc) is 3.06. The van der Waals surface area contributed by atoms with Crippen LogP contribution in [-0.2, 0) is 11.8 Å². The second-order valence-electron chi connectivity index (χ2n) is 5.22. The van der Waals surface area contributed by atoms with Gasteiger partial charge < -0.3 is 14.8 Å². The Bertz CT molecular complexity index is 711. The molecule has 0 aliphatic carbocycles. The number of aryl methyl sites for hydroxylation is 1. The maximum Gasteiger partial charge on any atom is 0.287 e. The molecule has 1 fully saturated rings. The average molecular weight is 302 g/mol. The number of nitrogens with zero attached hydrogens (tertiary/aromatic N) is 3. The molecule has 2 aromatic rings. The van der Waals surface area contributed by atoms with Gasteiger partial charge in [0.2, 0.25) is 5.91 Å². The topological polar surface area (TPSA) is 67.2 Å². The predicted molar refractivity (Wildman–Crippen MR) is 77.8 cm³/mol. The van der Waals surface area contributed by atoms with Crippen molar-refractivity contribution < 1.29 is 14.0 Å². The van der Waals surface area contributed by atoms with Crippen LogP contribution in [-0.4, -0.2) is 34.0 Å². The summed E-state index contributed by atoms with van der Waals surface area (Å²) in [7, 11) is 1.73.